The highest BCUT2D eigenvalue weighted by Gasteiger charge is 2.37. The maximum atomic E-state index is 6.68. The Morgan fingerprint density at radius 1 is 0.367 bits per heavy atom. The lowest BCUT2D eigenvalue weighted by molar-refractivity contribution is 0.660. The Hall–Kier alpha value is -7.69. The van der Waals surface area contributed by atoms with Crippen LogP contribution in [0.15, 0.2) is 192 Å². The average molecular weight is 768 g/mol. The predicted octanol–water partition coefficient (Wildman–Crippen LogP) is 14.7. The van der Waals surface area contributed by atoms with Gasteiger partial charge >= 0.3 is 0 Å². The van der Waals surface area contributed by atoms with Gasteiger partial charge in [-0.2, -0.15) is 0 Å². The van der Waals surface area contributed by atoms with Crippen LogP contribution in [0.4, 0.5) is 0 Å². The molecule has 1 aliphatic rings. The quantitative estimate of drug-likeness (QED) is 0.164. The van der Waals surface area contributed by atoms with Crippen LogP contribution in [0.3, 0.4) is 0 Å². The van der Waals surface area contributed by atoms with E-state index in [4.69, 9.17) is 19.4 Å². The van der Waals surface area contributed by atoms with Gasteiger partial charge in [-0.25, -0.2) is 15.0 Å². The summed E-state index contributed by atoms with van der Waals surface area (Å²) in [5.74, 6) is 1.86. The van der Waals surface area contributed by atoms with Crippen molar-refractivity contribution >= 4 is 43.5 Å². The Kier molecular flexibility index (Phi) is 7.54. The van der Waals surface area contributed by atoms with Crippen molar-refractivity contribution in [3.63, 3.8) is 0 Å². The molecule has 4 nitrogen and oxygen atoms in total. The molecule has 2 aromatic heterocycles. The Bertz CT molecular complexity index is 3530. The standard InChI is InChI=1S/C56H37N3O/c1-56(2)47-26-11-10-23-43(47)51-45(25-13-27-48(51)56)54-57-53(58-55(59-54)46-32-37-17-6-7-20-39(37)41-21-8-9-22-42(41)46)38-29-30-44-50(33-38)60-49-28-14-24-40(52(44)49)36-19-12-18-35(31-36)34-15-4-3-5-16-34/h3-33H,1-2H3. The van der Waals surface area contributed by atoms with Gasteiger partial charge in [0.15, 0.2) is 17.5 Å². The Labute approximate surface area is 347 Å². The van der Waals surface area contributed by atoms with Crippen molar-refractivity contribution in [1.82, 2.24) is 15.0 Å². The normalized spacial score (nSPS) is 13.0. The maximum Gasteiger partial charge on any atom is 0.164 e. The van der Waals surface area contributed by atoms with Gasteiger partial charge in [-0.05, 0) is 96.4 Å². The number of aromatic nitrogens is 3. The van der Waals surface area contributed by atoms with E-state index < -0.39 is 0 Å². The van der Waals surface area contributed by atoms with Crippen LogP contribution in [-0.2, 0) is 5.41 Å². The van der Waals surface area contributed by atoms with Crippen molar-refractivity contribution in [2.45, 2.75) is 19.3 Å². The Morgan fingerprint density at radius 3 is 1.88 bits per heavy atom. The molecule has 0 saturated heterocycles. The summed E-state index contributed by atoms with van der Waals surface area (Å²) in [5, 5.41) is 6.74. The molecule has 0 radical (unpaired) electrons. The van der Waals surface area contributed by atoms with Crippen LogP contribution < -0.4 is 0 Å². The molecule has 2 heterocycles. The fourth-order valence-corrected chi connectivity index (χ4v) is 9.63. The molecule has 0 unspecified atom stereocenters. The second-order valence-corrected chi connectivity index (χ2v) is 16.3. The molecule has 0 aliphatic heterocycles. The summed E-state index contributed by atoms with van der Waals surface area (Å²) < 4.78 is 6.68. The SMILES string of the molecule is CC1(C)c2ccccc2-c2c(-c3nc(-c4ccc5c(c4)oc4cccc(-c6cccc(-c7ccccc7)c6)c45)nc(-c4cc5ccccc5c5ccccc45)n3)cccc21. The summed E-state index contributed by atoms with van der Waals surface area (Å²) in [4.78, 5) is 16.0. The van der Waals surface area contributed by atoms with Crippen LogP contribution >= 0.6 is 0 Å². The maximum absolute atomic E-state index is 6.68. The van der Waals surface area contributed by atoms with Crippen molar-refractivity contribution in [2.75, 3.05) is 0 Å². The van der Waals surface area contributed by atoms with E-state index >= 15 is 0 Å². The molecule has 60 heavy (non-hydrogen) atoms. The van der Waals surface area contributed by atoms with Crippen molar-refractivity contribution in [3.05, 3.63) is 199 Å². The lowest BCUT2D eigenvalue weighted by Gasteiger charge is -2.21. The zero-order chi connectivity index (χ0) is 40.0. The lowest BCUT2D eigenvalue weighted by Crippen LogP contribution is -2.14. The first-order chi connectivity index (χ1) is 29.5. The molecule has 0 spiro atoms. The van der Waals surface area contributed by atoms with Crippen molar-refractivity contribution in [3.8, 4) is 67.5 Å². The summed E-state index contributed by atoms with van der Waals surface area (Å²) >= 11 is 0. The molecule has 0 atom stereocenters. The van der Waals surface area contributed by atoms with Crippen molar-refractivity contribution in [2.24, 2.45) is 0 Å². The average Bonchev–Trinajstić information content (AvgIpc) is 3.80. The smallest absolute Gasteiger partial charge is 0.164 e. The number of hydrogen-bond donors (Lipinski definition) is 0. The molecule has 4 heteroatoms. The molecular weight excluding hydrogens is 731 g/mol. The number of benzene rings is 9. The van der Waals surface area contributed by atoms with Crippen LogP contribution in [0.25, 0.3) is 111 Å². The summed E-state index contributed by atoms with van der Waals surface area (Å²) in [6.45, 7) is 4.61. The number of furan rings is 1. The lowest BCUT2D eigenvalue weighted by atomic mass is 9.82. The van der Waals surface area contributed by atoms with Crippen LogP contribution in [0.2, 0.25) is 0 Å². The molecule has 0 amide bonds. The molecule has 0 saturated carbocycles. The number of hydrogen-bond acceptors (Lipinski definition) is 4. The predicted molar refractivity (Wildman–Crippen MR) is 247 cm³/mol. The number of rotatable bonds is 5. The minimum absolute atomic E-state index is 0.163. The van der Waals surface area contributed by atoms with E-state index in [0.717, 1.165) is 60.5 Å². The van der Waals surface area contributed by atoms with Crippen molar-refractivity contribution < 1.29 is 4.42 Å². The first kappa shape index (κ1) is 34.4. The first-order valence-electron chi connectivity index (χ1n) is 20.5. The van der Waals surface area contributed by atoms with E-state index in [1.54, 1.807) is 0 Å². The molecule has 282 valence electrons. The zero-order valence-electron chi connectivity index (χ0n) is 33.1. The summed E-state index contributed by atoms with van der Waals surface area (Å²) in [5.41, 5.74) is 13.9. The second kappa shape index (κ2) is 13.2. The molecule has 12 rings (SSSR count). The molecule has 11 aromatic rings. The van der Waals surface area contributed by atoms with E-state index in [2.05, 4.69) is 202 Å². The molecule has 0 fully saturated rings. The highest BCUT2D eigenvalue weighted by Crippen LogP contribution is 2.52. The topological polar surface area (TPSA) is 51.8 Å². The Balaban J connectivity index is 1.07. The molecule has 0 N–H and O–H groups in total. The van der Waals surface area contributed by atoms with Crippen molar-refractivity contribution in [1.29, 1.82) is 0 Å². The van der Waals surface area contributed by atoms with E-state index in [1.807, 2.05) is 0 Å². The third kappa shape index (κ3) is 5.27. The minimum Gasteiger partial charge on any atom is -0.456 e. The van der Waals surface area contributed by atoms with Crippen LogP contribution in [-0.4, -0.2) is 15.0 Å². The van der Waals surface area contributed by atoms with Crippen LogP contribution in [0.1, 0.15) is 25.0 Å². The molecule has 0 bridgehead atoms. The van der Waals surface area contributed by atoms with Gasteiger partial charge < -0.3 is 4.42 Å². The van der Waals surface area contributed by atoms with Gasteiger partial charge in [0.05, 0.1) is 0 Å². The van der Waals surface area contributed by atoms with Gasteiger partial charge in [0.2, 0.25) is 0 Å². The highest BCUT2D eigenvalue weighted by molar-refractivity contribution is 6.14. The molecule has 9 aromatic carbocycles. The first-order valence-corrected chi connectivity index (χ1v) is 20.5. The second-order valence-electron chi connectivity index (χ2n) is 16.3. The third-order valence-electron chi connectivity index (χ3n) is 12.5. The van der Waals surface area contributed by atoms with Crippen LogP contribution in [0, 0.1) is 0 Å². The number of fused-ring (bicyclic) bond motifs is 9. The zero-order valence-corrected chi connectivity index (χ0v) is 33.1. The summed E-state index contributed by atoms with van der Waals surface area (Å²) in [6, 6.07) is 66.6. The van der Waals surface area contributed by atoms with E-state index in [0.29, 0.717) is 17.5 Å². The third-order valence-corrected chi connectivity index (χ3v) is 12.5. The van der Waals surface area contributed by atoms with Gasteiger partial charge in [0.25, 0.3) is 0 Å². The van der Waals surface area contributed by atoms with Gasteiger partial charge in [-0.3, -0.25) is 0 Å². The van der Waals surface area contributed by atoms with Crippen LogP contribution in [0.5, 0.6) is 0 Å². The summed E-state index contributed by atoms with van der Waals surface area (Å²) in [6.07, 6.45) is 0. The van der Waals surface area contributed by atoms with Gasteiger partial charge in [0.1, 0.15) is 11.2 Å². The molecular formula is C56H37N3O. The minimum atomic E-state index is -0.163. The van der Waals surface area contributed by atoms with E-state index in [1.165, 1.54) is 44.2 Å². The van der Waals surface area contributed by atoms with Gasteiger partial charge in [-0.1, -0.05) is 172 Å². The summed E-state index contributed by atoms with van der Waals surface area (Å²) in [7, 11) is 0. The van der Waals surface area contributed by atoms with Gasteiger partial charge in [0, 0.05) is 32.9 Å². The fourth-order valence-electron chi connectivity index (χ4n) is 9.63. The Morgan fingerprint density at radius 2 is 1.00 bits per heavy atom. The fraction of sp³-hybridized carbons (Fsp3) is 0.0536. The molecule has 1 aliphatic carbocycles. The number of nitrogens with zero attached hydrogens (tertiary/aromatic N) is 3. The van der Waals surface area contributed by atoms with E-state index in [9.17, 15) is 0 Å². The van der Waals surface area contributed by atoms with E-state index in [-0.39, 0.29) is 5.41 Å². The van der Waals surface area contributed by atoms with Gasteiger partial charge in [-0.15, -0.1) is 0 Å². The highest BCUT2D eigenvalue weighted by atomic mass is 16.3. The largest absolute Gasteiger partial charge is 0.456 e. The monoisotopic (exact) mass is 767 g/mol.